The number of hydrogen-bond acceptors (Lipinski definition) is 6. The van der Waals surface area contributed by atoms with Crippen molar-refractivity contribution < 1.29 is 9.59 Å². The Hall–Kier alpha value is -2.55. The molecule has 144 valence electrons. The number of carbonyl (C=O) groups excluding carboxylic acids is 2. The molecule has 3 rings (SSSR count). The summed E-state index contributed by atoms with van der Waals surface area (Å²) in [6.07, 6.45) is 3.50. The van der Waals surface area contributed by atoms with E-state index in [0.29, 0.717) is 5.16 Å². The zero-order valence-corrected chi connectivity index (χ0v) is 16.3. The van der Waals surface area contributed by atoms with E-state index >= 15 is 0 Å². The minimum atomic E-state index is -0.522. The van der Waals surface area contributed by atoms with E-state index in [4.69, 9.17) is 0 Å². The van der Waals surface area contributed by atoms with Crippen LogP contribution in [0.2, 0.25) is 0 Å². The molecule has 0 saturated carbocycles. The lowest BCUT2D eigenvalue weighted by Crippen LogP contribution is -2.41. The molecular formula is C18H24N6O2S. The normalized spacial score (nSPS) is 15.3. The summed E-state index contributed by atoms with van der Waals surface area (Å²) in [6, 6.07) is 9.36. The molecule has 3 amide bonds. The van der Waals surface area contributed by atoms with Crippen LogP contribution in [0.5, 0.6) is 0 Å². The number of hydrogen-bond donors (Lipinski definition) is 2. The molecule has 1 atom stereocenters. The van der Waals surface area contributed by atoms with E-state index < -0.39 is 11.3 Å². The average Bonchev–Trinajstić information content (AvgIpc) is 3.12. The fraction of sp³-hybridized carbons (Fsp3) is 0.444. The van der Waals surface area contributed by atoms with Crippen molar-refractivity contribution in [2.75, 3.05) is 25.0 Å². The van der Waals surface area contributed by atoms with Gasteiger partial charge in [0.05, 0.1) is 10.9 Å². The Bertz CT molecular complexity index is 788. The van der Waals surface area contributed by atoms with Crippen LogP contribution in [0.15, 0.2) is 35.5 Å². The summed E-state index contributed by atoms with van der Waals surface area (Å²) < 4.78 is 1.99. The van der Waals surface area contributed by atoms with Crippen molar-refractivity contribution in [1.82, 2.24) is 25.4 Å². The number of anilines is 1. The van der Waals surface area contributed by atoms with Gasteiger partial charge in [-0.1, -0.05) is 30.0 Å². The molecular weight excluding hydrogens is 364 g/mol. The van der Waals surface area contributed by atoms with Crippen molar-refractivity contribution in [3.05, 3.63) is 30.3 Å². The fourth-order valence-corrected chi connectivity index (χ4v) is 3.79. The van der Waals surface area contributed by atoms with Crippen molar-refractivity contribution in [3.8, 4) is 5.69 Å². The third-order valence-corrected chi connectivity index (χ3v) is 5.43. The predicted molar refractivity (Wildman–Crippen MR) is 105 cm³/mol. The molecule has 8 nitrogen and oxygen atoms in total. The predicted octanol–water partition coefficient (Wildman–Crippen LogP) is 2.19. The molecule has 1 aromatic heterocycles. The van der Waals surface area contributed by atoms with Crippen molar-refractivity contribution in [3.63, 3.8) is 0 Å². The highest BCUT2D eigenvalue weighted by molar-refractivity contribution is 8.00. The van der Waals surface area contributed by atoms with E-state index in [1.165, 1.54) is 25.2 Å². The lowest BCUT2D eigenvalue weighted by molar-refractivity contribution is -0.119. The van der Waals surface area contributed by atoms with Gasteiger partial charge >= 0.3 is 6.03 Å². The Balaban J connectivity index is 1.87. The molecule has 1 saturated heterocycles. The molecule has 1 aliphatic rings. The van der Waals surface area contributed by atoms with Crippen LogP contribution in [-0.2, 0) is 4.79 Å². The van der Waals surface area contributed by atoms with E-state index in [1.807, 2.05) is 34.9 Å². The van der Waals surface area contributed by atoms with Gasteiger partial charge in [0.1, 0.15) is 0 Å². The fourth-order valence-electron chi connectivity index (χ4n) is 2.93. The SMILES string of the molecule is CNC(=O)NC(=O)[C@H](C)Sc1nnc(N2CCCCC2)n1-c1ccccc1. The molecule has 2 heterocycles. The first-order valence-corrected chi connectivity index (χ1v) is 9.93. The Morgan fingerprint density at radius 3 is 2.48 bits per heavy atom. The number of nitrogens with one attached hydrogen (secondary N) is 2. The summed E-state index contributed by atoms with van der Waals surface area (Å²) in [5, 5.41) is 13.6. The van der Waals surface area contributed by atoms with Crippen LogP contribution in [0, 0.1) is 0 Å². The first-order chi connectivity index (χ1) is 13.1. The number of amides is 3. The standard InChI is InChI=1S/C18H24N6O2S/c1-13(15(25)20-16(26)19-2)27-18-22-21-17(23-11-7-4-8-12-23)24(18)14-9-5-3-6-10-14/h3,5-6,9-10,13H,4,7-8,11-12H2,1-2H3,(H2,19,20,25,26)/t13-/m0/s1. The highest BCUT2D eigenvalue weighted by Gasteiger charge is 2.25. The summed E-state index contributed by atoms with van der Waals surface area (Å²) in [6.45, 7) is 3.64. The van der Waals surface area contributed by atoms with Gasteiger partial charge in [0, 0.05) is 20.1 Å². The second kappa shape index (κ2) is 8.90. The maximum atomic E-state index is 12.2. The quantitative estimate of drug-likeness (QED) is 0.763. The second-order valence-corrected chi connectivity index (χ2v) is 7.64. The molecule has 0 radical (unpaired) electrons. The number of nitrogens with zero attached hydrogens (tertiary/aromatic N) is 4. The monoisotopic (exact) mass is 388 g/mol. The van der Waals surface area contributed by atoms with Crippen LogP contribution < -0.4 is 15.5 Å². The van der Waals surface area contributed by atoms with Gasteiger partial charge < -0.3 is 10.2 Å². The topological polar surface area (TPSA) is 92.2 Å². The van der Waals surface area contributed by atoms with Gasteiger partial charge in [0.25, 0.3) is 0 Å². The second-order valence-electron chi connectivity index (χ2n) is 6.33. The zero-order chi connectivity index (χ0) is 19.2. The lowest BCUT2D eigenvalue weighted by atomic mass is 10.1. The van der Waals surface area contributed by atoms with Gasteiger partial charge in [-0.05, 0) is 38.3 Å². The largest absolute Gasteiger partial charge is 0.341 e. The average molecular weight is 388 g/mol. The van der Waals surface area contributed by atoms with Crippen molar-refractivity contribution in [2.24, 2.45) is 0 Å². The van der Waals surface area contributed by atoms with E-state index in [-0.39, 0.29) is 5.91 Å². The molecule has 0 unspecified atom stereocenters. The van der Waals surface area contributed by atoms with Gasteiger partial charge in [0.2, 0.25) is 11.9 Å². The molecule has 1 aliphatic heterocycles. The molecule has 1 fully saturated rings. The number of carbonyl (C=O) groups is 2. The molecule has 1 aromatic carbocycles. The van der Waals surface area contributed by atoms with Crippen LogP contribution in [0.1, 0.15) is 26.2 Å². The molecule has 2 aromatic rings. The first-order valence-electron chi connectivity index (χ1n) is 9.05. The molecule has 0 bridgehead atoms. The Labute approximate surface area is 162 Å². The third-order valence-electron chi connectivity index (χ3n) is 4.38. The van der Waals surface area contributed by atoms with Crippen molar-refractivity contribution >= 4 is 29.6 Å². The van der Waals surface area contributed by atoms with E-state index in [2.05, 4.69) is 25.7 Å². The first kappa shape index (κ1) is 19.2. The van der Waals surface area contributed by atoms with Crippen molar-refractivity contribution in [1.29, 1.82) is 0 Å². The van der Waals surface area contributed by atoms with Gasteiger partial charge in [-0.15, -0.1) is 10.2 Å². The minimum absolute atomic E-state index is 0.374. The molecule has 0 aliphatic carbocycles. The number of benzene rings is 1. The van der Waals surface area contributed by atoms with E-state index in [0.717, 1.165) is 37.6 Å². The number of rotatable bonds is 5. The van der Waals surface area contributed by atoms with Gasteiger partial charge in [-0.2, -0.15) is 0 Å². The Morgan fingerprint density at radius 2 is 1.81 bits per heavy atom. The molecule has 0 spiro atoms. The number of aromatic nitrogens is 3. The van der Waals surface area contributed by atoms with Gasteiger partial charge in [-0.25, -0.2) is 4.79 Å². The number of para-hydroxylation sites is 1. The number of imide groups is 1. The Kier molecular flexibility index (Phi) is 6.33. The van der Waals surface area contributed by atoms with E-state index in [1.54, 1.807) is 6.92 Å². The maximum Gasteiger partial charge on any atom is 0.321 e. The van der Waals surface area contributed by atoms with Gasteiger partial charge in [-0.3, -0.25) is 14.7 Å². The summed E-state index contributed by atoms with van der Waals surface area (Å²) in [5.74, 6) is 0.420. The maximum absolute atomic E-state index is 12.2. The summed E-state index contributed by atoms with van der Waals surface area (Å²) in [7, 11) is 1.47. The third kappa shape index (κ3) is 4.60. The highest BCUT2D eigenvalue weighted by Crippen LogP contribution is 2.30. The zero-order valence-electron chi connectivity index (χ0n) is 15.5. The van der Waals surface area contributed by atoms with Crippen LogP contribution in [0.25, 0.3) is 5.69 Å². The lowest BCUT2D eigenvalue weighted by Gasteiger charge is -2.28. The van der Waals surface area contributed by atoms with E-state index in [9.17, 15) is 9.59 Å². The summed E-state index contributed by atoms with van der Waals surface area (Å²) in [4.78, 5) is 25.8. The van der Waals surface area contributed by atoms with Crippen LogP contribution in [0.4, 0.5) is 10.7 Å². The van der Waals surface area contributed by atoms with Crippen LogP contribution >= 0.6 is 11.8 Å². The molecule has 2 N–H and O–H groups in total. The Morgan fingerprint density at radius 1 is 1.11 bits per heavy atom. The minimum Gasteiger partial charge on any atom is -0.341 e. The number of thioether (sulfide) groups is 1. The molecule has 9 heteroatoms. The summed E-state index contributed by atoms with van der Waals surface area (Å²) >= 11 is 1.28. The summed E-state index contributed by atoms with van der Waals surface area (Å²) in [5.41, 5.74) is 0.949. The number of piperidine rings is 1. The van der Waals surface area contributed by atoms with Crippen molar-refractivity contribution in [2.45, 2.75) is 36.6 Å². The molecule has 27 heavy (non-hydrogen) atoms. The van der Waals surface area contributed by atoms with Crippen LogP contribution in [-0.4, -0.2) is 52.1 Å². The smallest absolute Gasteiger partial charge is 0.321 e. The van der Waals surface area contributed by atoms with Gasteiger partial charge in [0.15, 0.2) is 5.16 Å². The highest BCUT2D eigenvalue weighted by atomic mass is 32.2. The number of urea groups is 1. The van der Waals surface area contributed by atoms with Crippen LogP contribution in [0.3, 0.4) is 0 Å².